The van der Waals surface area contributed by atoms with Gasteiger partial charge in [0, 0.05) is 21.1 Å². The van der Waals surface area contributed by atoms with Crippen LogP contribution in [0, 0.1) is 0 Å². The molecule has 12 heteroatoms. The van der Waals surface area contributed by atoms with Gasteiger partial charge >= 0.3 is 6.18 Å². The first-order valence-electron chi connectivity index (χ1n) is 7.64. The van der Waals surface area contributed by atoms with Gasteiger partial charge in [-0.3, -0.25) is 0 Å². The highest BCUT2D eigenvalue weighted by molar-refractivity contribution is 8.14. The third-order valence-electron chi connectivity index (χ3n) is 4.43. The zero-order valence-electron chi connectivity index (χ0n) is 14.0. The van der Waals surface area contributed by atoms with Crippen molar-refractivity contribution in [1.29, 1.82) is 0 Å². The molecule has 0 saturated carbocycles. The summed E-state index contributed by atoms with van der Waals surface area (Å²) in [5.74, 6) is 0. The van der Waals surface area contributed by atoms with E-state index in [2.05, 4.69) is 0 Å². The van der Waals surface area contributed by atoms with E-state index in [0.717, 1.165) is 12.1 Å². The van der Waals surface area contributed by atoms with Crippen molar-refractivity contribution in [2.75, 3.05) is 0 Å². The Morgan fingerprint density at radius 3 is 2.29 bits per heavy atom. The first kappa shape index (κ1) is 21.2. The van der Waals surface area contributed by atoms with Gasteiger partial charge < -0.3 is 0 Å². The van der Waals surface area contributed by atoms with Crippen LogP contribution in [-0.4, -0.2) is 25.6 Å². The van der Waals surface area contributed by atoms with E-state index in [1.807, 2.05) is 0 Å². The Hall–Kier alpha value is -1.49. The van der Waals surface area contributed by atoms with E-state index in [1.54, 1.807) is 0 Å². The van der Waals surface area contributed by atoms with E-state index < -0.39 is 40.6 Å². The topological polar surface area (TPSA) is 73.2 Å². The maximum atomic E-state index is 13.3. The Bertz CT molecular complexity index is 1240. The molecule has 0 bridgehead atoms. The van der Waals surface area contributed by atoms with E-state index in [9.17, 15) is 30.0 Å². The molecule has 5 nitrogen and oxygen atoms in total. The van der Waals surface area contributed by atoms with Crippen molar-refractivity contribution < 1.29 is 30.0 Å². The summed E-state index contributed by atoms with van der Waals surface area (Å²) >= 11 is 5.83. The summed E-state index contributed by atoms with van der Waals surface area (Å²) in [5.41, 5.74) is -1.28. The molecule has 0 N–H and O–H groups in total. The minimum Gasteiger partial charge on any atom is -0.225 e. The normalized spacial score (nSPS) is 21.1. The average Bonchev–Trinajstić information content (AvgIpc) is 2.96. The number of hydrogen-bond acceptors (Lipinski definition) is 4. The van der Waals surface area contributed by atoms with Crippen molar-refractivity contribution >= 4 is 52.3 Å². The Morgan fingerprint density at radius 2 is 1.79 bits per heavy atom. The molecule has 1 unspecified atom stereocenters. The zero-order chi connectivity index (χ0) is 21.1. The summed E-state index contributed by atoms with van der Waals surface area (Å²) in [4.78, 5) is 0. The van der Waals surface area contributed by atoms with Crippen LogP contribution in [0.3, 0.4) is 0 Å². The molecule has 1 aliphatic carbocycles. The van der Waals surface area contributed by atoms with Crippen LogP contribution in [0.1, 0.15) is 18.9 Å². The molecule has 28 heavy (non-hydrogen) atoms. The number of aromatic nitrogens is 1. The van der Waals surface area contributed by atoms with E-state index >= 15 is 0 Å². The Balaban J connectivity index is 2.35. The number of allylic oxidation sites excluding steroid dienone is 3. The Morgan fingerprint density at radius 1 is 1.14 bits per heavy atom. The maximum Gasteiger partial charge on any atom is 0.416 e. The molecule has 0 amide bonds. The van der Waals surface area contributed by atoms with Gasteiger partial charge in [0.15, 0.2) is 5.03 Å². The highest BCUT2D eigenvalue weighted by Gasteiger charge is 2.42. The molecule has 0 aliphatic heterocycles. The molecule has 1 heterocycles. The summed E-state index contributed by atoms with van der Waals surface area (Å²) in [6, 6.07) is 3.06. The fourth-order valence-corrected chi connectivity index (χ4v) is 6.27. The van der Waals surface area contributed by atoms with Crippen LogP contribution < -0.4 is 0 Å². The number of benzene rings is 1. The predicted molar refractivity (Wildman–Crippen MR) is 100 cm³/mol. The first-order chi connectivity index (χ1) is 12.7. The molecule has 0 fully saturated rings. The largest absolute Gasteiger partial charge is 0.416 e. The van der Waals surface area contributed by atoms with Gasteiger partial charge in [0.25, 0.3) is 9.05 Å². The van der Waals surface area contributed by atoms with Crippen LogP contribution in [0.2, 0.25) is 0 Å². The Kier molecular flexibility index (Phi) is 4.94. The number of rotatable bonds is 3. The van der Waals surface area contributed by atoms with Crippen molar-refractivity contribution in [3.63, 3.8) is 0 Å². The monoisotopic (exact) mass is 473 g/mol. The van der Waals surface area contributed by atoms with Gasteiger partial charge in [-0.1, -0.05) is 23.8 Å². The fourth-order valence-electron chi connectivity index (χ4n) is 2.85. The number of fused-ring (bicyclic) bond motifs is 1. The van der Waals surface area contributed by atoms with Crippen LogP contribution >= 0.6 is 22.3 Å². The molecular weight excluding hydrogens is 462 g/mol. The lowest BCUT2D eigenvalue weighted by atomic mass is 10.0. The first-order valence-corrected chi connectivity index (χ1v) is 11.8. The standard InChI is InChI=1S/C16H12Cl2F3NO4S2/c1-15(6-4-12(17)5-7-15)28(25,26)22-13-3-2-11(16(19,20)21)8-10(13)9-14(22)27(18,23)24/h2-6,8-9H,7H2,1H3. The minimum absolute atomic E-state index is 0.0627. The lowest BCUT2D eigenvalue weighted by Gasteiger charge is -2.28. The molecule has 1 aliphatic rings. The van der Waals surface area contributed by atoms with Crippen LogP contribution in [0.15, 0.2) is 52.6 Å². The van der Waals surface area contributed by atoms with Gasteiger partial charge in [0.05, 0.1) is 11.1 Å². The van der Waals surface area contributed by atoms with Gasteiger partial charge in [-0.15, -0.1) is 0 Å². The average molecular weight is 474 g/mol. The van der Waals surface area contributed by atoms with Crippen LogP contribution in [0.25, 0.3) is 10.9 Å². The smallest absolute Gasteiger partial charge is 0.225 e. The molecule has 0 spiro atoms. The molecule has 0 radical (unpaired) electrons. The van der Waals surface area contributed by atoms with Crippen molar-refractivity contribution in [2.24, 2.45) is 0 Å². The van der Waals surface area contributed by atoms with Crippen LogP contribution in [0.5, 0.6) is 0 Å². The Labute approximate surface area is 168 Å². The molecule has 3 rings (SSSR count). The summed E-state index contributed by atoms with van der Waals surface area (Å²) in [6.45, 7) is 1.35. The number of hydrogen-bond donors (Lipinski definition) is 0. The molecule has 1 aromatic heterocycles. The molecular formula is C16H12Cl2F3NO4S2. The third-order valence-corrected chi connectivity index (χ3v) is 8.46. The summed E-state index contributed by atoms with van der Waals surface area (Å²) in [5, 5.41) is -0.751. The molecule has 0 saturated heterocycles. The SMILES string of the molecule is CC1(S(=O)(=O)n2c(S(=O)(=O)Cl)cc3cc(C(F)(F)F)ccc32)C=CC(Cl)=CC1. The van der Waals surface area contributed by atoms with Crippen LogP contribution in [0.4, 0.5) is 13.2 Å². The van der Waals surface area contributed by atoms with Crippen molar-refractivity contribution in [3.8, 4) is 0 Å². The summed E-state index contributed by atoms with van der Waals surface area (Å²) < 4.78 is 88.5. The van der Waals surface area contributed by atoms with Crippen molar-refractivity contribution in [3.05, 3.63) is 53.1 Å². The lowest BCUT2D eigenvalue weighted by molar-refractivity contribution is -0.137. The van der Waals surface area contributed by atoms with Gasteiger partial charge in [0.1, 0.15) is 4.75 Å². The number of alkyl halides is 3. The van der Waals surface area contributed by atoms with Gasteiger partial charge in [0.2, 0.25) is 10.0 Å². The molecule has 2 aromatic rings. The highest BCUT2D eigenvalue weighted by atomic mass is 35.7. The maximum absolute atomic E-state index is 13.3. The van der Waals surface area contributed by atoms with Crippen molar-refractivity contribution in [1.82, 2.24) is 3.97 Å². The predicted octanol–water partition coefficient (Wildman–Crippen LogP) is 4.61. The van der Waals surface area contributed by atoms with Gasteiger partial charge in [-0.25, -0.2) is 20.8 Å². The fraction of sp³-hybridized carbons (Fsp3) is 0.250. The third kappa shape index (κ3) is 3.47. The lowest BCUT2D eigenvalue weighted by Crippen LogP contribution is -2.39. The second kappa shape index (κ2) is 6.51. The van der Waals surface area contributed by atoms with Gasteiger partial charge in [-0.2, -0.15) is 13.2 Å². The minimum atomic E-state index is -4.69. The van der Waals surface area contributed by atoms with Crippen LogP contribution in [-0.2, 0) is 25.3 Å². The summed E-state index contributed by atoms with van der Waals surface area (Å²) in [6.07, 6.45) is -0.654. The van der Waals surface area contributed by atoms with Crippen molar-refractivity contribution in [2.45, 2.75) is 29.3 Å². The second-order valence-corrected chi connectivity index (χ2v) is 11.6. The van der Waals surface area contributed by atoms with E-state index in [4.69, 9.17) is 22.3 Å². The number of nitrogens with zero attached hydrogens (tertiary/aromatic N) is 1. The van der Waals surface area contributed by atoms with E-state index in [-0.39, 0.29) is 17.3 Å². The second-order valence-electron chi connectivity index (χ2n) is 6.40. The zero-order valence-corrected chi connectivity index (χ0v) is 17.2. The number of halogens is 5. The molecule has 1 atom stereocenters. The summed E-state index contributed by atoms with van der Waals surface area (Å²) in [7, 11) is -3.65. The van der Waals surface area contributed by atoms with Gasteiger partial charge in [-0.05, 0) is 43.7 Å². The highest BCUT2D eigenvalue weighted by Crippen LogP contribution is 2.38. The molecule has 1 aromatic carbocycles. The van der Waals surface area contributed by atoms with E-state index in [1.165, 1.54) is 25.2 Å². The molecule has 152 valence electrons. The van der Waals surface area contributed by atoms with E-state index in [0.29, 0.717) is 21.1 Å². The quantitative estimate of drug-likeness (QED) is 0.610.